The molecule has 0 spiro atoms. The summed E-state index contributed by atoms with van der Waals surface area (Å²) >= 11 is 0. The molecule has 1 N–H and O–H groups in total. The summed E-state index contributed by atoms with van der Waals surface area (Å²) in [4.78, 5) is 12.7. The van der Waals surface area contributed by atoms with Gasteiger partial charge in [-0.3, -0.25) is 4.79 Å². The van der Waals surface area contributed by atoms with Crippen LogP contribution >= 0.6 is 0 Å². The van der Waals surface area contributed by atoms with Gasteiger partial charge in [-0.1, -0.05) is 19.9 Å². The Bertz CT molecular complexity index is 449. The summed E-state index contributed by atoms with van der Waals surface area (Å²) in [5.74, 6) is -0.371. The number of aliphatic carboxylic acids is 1. The zero-order valence-corrected chi connectivity index (χ0v) is 10.8. The van der Waals surface area contributed by atoms with Crippen LogP contribution < -0.4 is 4.90 Å². The fraction of sp³-hybridized carbons (Fsp3) is 0.429. The van der Waals surface area contributed by atoms with Crippen LogP contribution in [0.2, 0.25) is 0 Å². The number of nitriles is 1. The lowest BCUT2D eigenvalue weighted by molar-refractivity contribution is -0.136. The van der Waals surface area contributed by atoms with Gasteiger partial charge in [-0.25, -0.2) is 0 Å². The van der Waals surface area contributed by atoms with Crippen LogP contribution in [0.3, 0.4) is 0 Å². The first-order chi connectivity index (χ1) is 8.52. The van der Waals surface area contributed by atoms with E-state index in [0.29, 0.717) is 18.0 Å². The number of nitrogens with zero attached hydrogens (tertiary/aromatic N) is 2. The number of benzene rings is 1. The second-order valence-electron chi connectivity index (χ2n) is 4.65. The van der Waals surface area contributed by atoms with E-state index < -0.39 is 5.97 Å². The van der Waals surface area contributed by atoms with E-state index in [-0.39, 0.29) is 6.42 Å². The normalized spacial score (nSPS) is 10.1. The molecule has 0 bridgehead atoms. The summed E-state index contributed by atoms with van der Waals surface area (Å²) in [5.41, 5.74) is 1.50. The van der Waals surface area contributed by atoms with Gasteiger partial charge in [0.2, 0.25) is 0 Å². The van der Waals surface area contributed by atoms with Crippen molar-refractivity contribution in [2.45, 2.75) is 20.3 Å². The molecule has 0 atom stereocenters. The SMILES string of the molecule is CC(C)CN(CCC(=O)O)c1cccc(C#N)c1. The van der Waals surface area contributed by atoms with E-state index in [4.69, 9.17) is 10.4 Å². The largest absolute Gasteiger partial charge is 0.481 e. The lowest BCUT2D eigenvalue weighted by Gasteiger charge is -2.26. The van der Waals surface area contributed by atoms with Gasteiger partial charge in [0, 0.05) is 18.8 Å². The highest BCUT2D eigenvalue weighted by atomic mass is 16.4. The van der Waals surface area contributed by atoms with Crippen LogP contribution in [0.4, 0.5) is 5.69 Å². The summed E-state index contributed by atoms with van der Waals surface area (Å²) < 4.78 is 0. The molecule has 0 saturated heterocycles. The molecule has 0 unspecified atom stereocenters. The third kappa shape index (κ3) is 4.46. The maximum Gasteiger partial charge on any atom is 0.305 e. The molecule has 0 saturated carbocycles. The van der Waals surface area contributed by atoms with Crippen LogP contribution in [0.1, 0.15) is 25.8 Å². The highest BCUT2D eigenvalue weighted by Crippen LogP contribution is 2.17. The van der Waals surface area contributed by atoms with Gasteiger partial charge in [0.15, 0.2) is 0 Å². The smallest absolute Gasteiger partial charge is 0.305 e. The number of rotatable bonds is 6. The maximum absolute atomic E-state index is 10.7. The predicted molar refractivity (Wildman–Crippen MR) is 70.5 cm³/mol. The van der Waals surface area contributed by atoms with E-state index in [1.165, 1.54) is 0 Å². The lowest BCUT2D eigenvalue weighted by Crippen LogP contribution is -2.30. The standard InChI is InChI=1S/C14H18N2O2/c1-11(2)10-16(7-6-14(17)18)13-5-3-4-12(8-13)9-15/h3-5,8,11H,6-7,10H2,1-2H3,(H,17,18). The van der Waals surface area contributed by atoms with Gasteiger partial charge >= 0.3 is 5.97 Å². The van der Waals surface area contributed by atoms with E-state index in [2.05, 4.69) is 19.9 Å². The zero-order valence-electron chi connectivity index (χ0n) is 10.8. The molecule has 0 amide bonds. The molecule has 1 rings (SSSR count). The molecule has 0 aliphatic carbocycles. The van der Waals surface area contributed by atoms with Crippen LogP contribution in [0.25, 0.3) is 0 Å². The van der Waals surface area contributed by atoms with Gasteiger partial charge in [-0.05, 0) is 24.1 Å². The molecule has 1 aromatic rings. The molecule has 1 aromatic carbocycles. The van der Waals surface area contributed by atoms with Crippen LogP contribution in [-0.4, -0.2) is 24.2 Å². The predicted octanol–water partition coefficient (Wildman–Crippen LogP) is 2.50. The second-order valence-corrected chi connectivity index (χ2v) is 4.65. The first kappa shape index (κ1) is 14.0. The first-order valence-corrected chi connectivity index (χ1v) is 6.00. The second kappa shape index (κ2) is 6.65. The molecule has 0 heterocycles. The minimum atomic E-state index is -0.805. The number of hydrogen-bond acceptors (Lipinski definition) is 3. The van der Waals surface area contributed by atoms with Crippen LogP contribution in [0.15, 0.2) is 24.3 Å². The Balaban J connectivity index is 2.86. The molecule has 4 heteroatoms. The van der Waals surface area contributed by atoms with Crippen LogP contribution in [0, 0.1) is 17.2 Å². The Kier molecular flexibility index (Phi) is 5.19. The average Bonchev–Trinajstić information content (AvgIpc) is 2.34. The minimum Gasteiger partial charge on any atom is -0.481 e. The summed E-state index contributed by atoms with van der Waals surface area (Å²) in [7, 11) is 0. The van der Waals surface area contributed by atoms with Crippen molar-refractivity contribution < 1.29 is 9.90 Å². The summed E-state index contributed by atoms with van der Waals surface area (Å²) in [6, 6.07) is 9.37. The Labute approximate surface area is 107 Å². The molecule has 0 aliphatic heterocycles. The number of anilines is 1. The number of carboxylic acid groups (broad SMARTS) is 1. The molecular weight excluding hydrogens is 228 g/mol. The van der Waals surface area contributed by atoms with E-state index in [1.54, 1.807) is 12.1 Å². The number of carboxylic acids is 1. The molecular formula is C14H18N2O2. The summed E-state index contributed by atoms with van der Waals surface area (Å²) in [6.45, 7) is 5.41. The topological polar surface area (TPSA) is 64.3 Å². The van der Waals surface area contributed by atoms with Gasteiger partial charge < -0.3 is 10.0 Å². The molecule has 18 heavy (non-hydrogen) atoms. The van der Waals surface area contributed by atoms with Crippen molar-refractivity contribution in [2.75, 3.05) is 18.0 Å². The zero-order chi connectivity index (χ0) is 13.5. The fourth-order valence-corrected chi connectivity index (χ4v) is 1.77. The van der Waals surface area contributed by atoms with E-state index in [9.17, 15) is 4.79 Å². The van der Waals surface area contributed by atoms with Crippen molar-refractivity contribution in [3.63, 3.8) is 0 Å². The van der Waals surface area contributed by atoms with Crippen molar-refractivity contribution in [1.29, 1.82) is 5.26 Å². The van der Waals surface area contributed by atoms with Gasteiger partial charge in [-0.15, -0.1) is 0 Å². The third-order valence-electron chi connectivity index (χ3n) is 2.52. The van der Waals surface area contributed by atoms with Crippen molar-refractivity contribution >= 4 is 11.7 Å². The van der Waals surface area contributed by atoms with Gasteiger partial charge in [0.05, 0.1) is 18.1 Å². The lowest BCUT2D eigenvalue weighted by atomic mass is 10.1. The van der Waals surface area contributed by atoms with Crippen LogP contribution in [-0.2, 0) is 4.79 Å². The highest BCUT2D eigenvalue weighted by molar-refractivity contribution is 5.67. The van der Waals surface area contributed by atoms with Crippen molar-refractivity contribution in [3.05, 3.63) is 29.8 Å². The quantitative estimate of drug-likeness (QED) is 0.837. The van der Waals surface area contributed by atoms with E-state index in [1.807, 2.05) is 17.0 Å². The minimum absolute atomic E-state index is 0.101. The fourth-order valence-electron chi connectivity index (χ4n) is 1.77. The Morgan fingerprint density at radius 3 is 2.78 bits per heavy atom. The van der Waals surface area contributed by atoms with Gasteiger partial charge in [0.25, 0.3) is 0 Å². The summed E-state index contributed by atoms with van der Waals surface area (Å²) in [6.07, 6.45) is 0.101. The van der Waals surface area contributed by atoms with Gasteiger partial charge in [-0.2, -0.15) is 5.26 Å². The van der Waals surface area contributed by atoms with Crippen LogP contribution in [0.5, 0.6) is 0 Å². The average molecular weight is 246 g/mol. The van der Waals surface area contributed by atoms with Gasteiger partial charge in [0.1, 0.15) is 0 Å². The Morgan fingerprint density at radius 2 is 2.22 bits per heavy atom. The van der Waals surface area contributed by atoms with E-state index >= 15 is 0 Å². The number of hydrogen-bond donors (Lipinski definition) is 1. The van der Waals surface area contributed by atoms with Crippen molar-refractivity contribution in [2.24, 2.45) is 5.92 Å². The molecule has 0 radical (unpaired) electrons. The first-order valence-electron chi connectivity index (χ1n) is 6.00. The molecule has 96 valence electrons. The molecule has 0 aromatic heterocycles. The monoisotopic (exact) mass is 246 g/mol. The maximum atomic E-state index is 10.7. The highest BCUT2D eigenvalue weighted by Gasteiger charge is 2.10. The van der Waals surface area contributed by atoms with Crippen molar-refractivity contribution in [3.8, 4) is 6.07 Å². The third-order valence-corrected chi connectivity index (χ3v) is 2.52. The van der Waals surface area contributed by atoms with E-state index in [0.717, 1.165) is 12.2 Å². The molecule has 0 fully saturated rings. The number of carbonyl (C=O) groups is 1. The Hall–Kier alpha value is -2.02. The molecule has 4 nitrogen and oxygen atoms in total. The summed E-state index contributed by atoms with van der Waals surface area (Å²) in [5, 5.41) is 17.6. The molecule has 0 aliphatic rings. The Morgan fingerprint density at radius 1 is 1.50 bits per heavy atom. The van der Waals surface area contributed by atoms with Crippen molar-refractivity contribution in [1.82, 2.24) is 0 Å².